The van der Waals surface area contributed by atoms with Crippen molar-refractivity contribution in [3.05, 3.63) is 0 Å². The van der Waals surface area contributed by atoms with Crippen LogP contribution < -0.4 is 5.32 Å². The van der Waals surface area contributed by atoms with Crippen molar-refractivity contribution in [2.24, 2.45) is 10.8 Å². The highest BCUT2D eigenvalue weighted by Gasteiger charge is 2.50. The summed E-state index contributed by atoms with van der Waals surface area (Å²) in [7, 11) is 0. The number of carbonyl (C=O) groups is 1. The van der Waals surface area contributed by atoms with E-state index in [1.807, 2.05) is 0 Å². The third-order valence-electron chi connectivity index (χ3n) is 4.44. The van der Waals surface area contributed by atoms with Gasteiger partial charge >= 0.3 is 0 Å². The smallest absolute Gasteiger partial charge is 0.236 e. The van der Waals surface area contributed by atoms with Crippen molar-refractivity contribution in [3.8, 4) is 0 Å². The minimum absolute atomic E-state index is 0.301. The summed E-state index contributed by atoms with van der Waals surface area (Å²) in [4.78, 5) is 14.4. The molecule has 1 saturated carbocycles. The molecule has 2 rings (SSSR count). The van der Waals surface area contributed by atoms with E-state index < -0.39 is 0 Å². The fraction of sp³-hybridized carbons (Fsp3) is 0.933. The Morgan fingerprint density at radius 1 is 1.33 bits per heavy atom. The van der Waals surface area contributed by atoms with Crippen LogP contribution >= 0.6 is 0 Å². The van der Waals surface area contributed by atoms with E-state index in [-0.39, 0.29) is 0 Å². The van der Waals surface area contributed by atoms with E-state index in [0.29, 0.717) is 29.3 Å². The van der Waals surface area contributed by atoms with Crippen LogP contribution in [0.4, 0.5) is 0 Å². The monoisotopic (exact) mass is 252 g/mol. The molecule has 1 aliphatic heterocycles. The first-order chi connectivity index (χ1) is 8.35. The Hall–Kier alpha value is -0.570. The van der Waals surface area contributed by atoms with Crippen LogP contribution in [0.2, 0.25) is 0 Å². The zero-order valence-corrected chi connectivity index (χ0v) is 12.4. The summed E-state index contributed by atoms with van der Waals surface area (Å²) in [6.07, 6.45) is 4.71. The Morgan fingerprint density at radius 3 is 2.72 bits per heavy atom. The zero-order chi connectivity index (χ0) is 13.4. The minimum Gasteiger partial charge on any atom is -0.338 e. The van der Waals surface area contributed by atoms with Crippen molar-refractivity contribution in [2.75, 3.05) is 19.6 Å². The molecule has 2 bridgehead atoms. The van der Waals surface area contributed by atoms with Crippen molar-refractivity contribution in [1.82, 2.24) is 10.2 Å². The van der Waals surface area contributed by atoms with Gasteiger partial charge in [-0.15, -0.1) is 0 Å². The molecule has 1 N–H and O–H groups in total. The lowest BCUT2D eigenvalue weighted by Crippen LogP contribution is -2.42. The largest absolute Gasteiger partial charge is 0.338 e. The van der Waals surface area contributed by atoms with Crippen molar-refractivity contribution in [2.45, 2.75) is 59.4 Å². The maximum atomic E-state index is 12.3. The van der Waals surface area contributed by atoms with Gasteiger partial charge in [0.15, 0.2) is 0 Å². The van der Waals surface area contributed by atoms with Gasteiger partial charge < -0.3 is 10.2 Å². The maximum absolute atomic E-state index is 12.3. The average Bonchev–Trinajstić information content (AvgIpc) is 2.48. The number of rotatable bonds is 4. The normalized spacial score (nSPS) is 33.8. The van der Waals surface area contributed by atoms with Gasteiger partial charge in [0.2, 0.25) is 5.91 Å². The molecule has 0 spiro atoms. The summed E-state index contributed by atoms with van der Waals surface area (Å²) < 4.78 is 0. The number of hydrogen-bond donors (Lipinski definition) is 1. The molecule has 18 heavy (non-hydrogen) atoms. The molecule has 1 aliphatic carbocycles. The first-order valence-electron chi connectivity index (χ1n) is 7.35. The molecule has 1 saturated heterocycles. The second-order valence-corrected chi connectivity index (χ2v) is 7.41. The molecular formula is C15H28N2O. The van der Waals surface area contributed by atoms with Crippen molar-refractivity contribution in [3.63, 3.8) is 0 Å². The van der Waals surface area contributed by atoms with E-state index >= 15 is 0 Å². The quantitative estimate of drug-likeness (QED) is 0.779. The number of likely N-dealkylation sites (tertiary alicyclic amines) is 1. The summed E-state index contributed by atoms with van der Waals surface area (Å²) in [5.41, 5.74) is 0.746. The number of nitrogens with zero attached hydrogens (tertiary/aromatic N) is 1. The van der Waals surface area contributed by atoms with Crippen molar-refractivity contribution < 1.29 is 4.79 Å². The van der Waals surface area contributed by atoms with E-state index in [4.69, 9.17) is 0 Å². The van der Waals surface area contributed by atoms with Crippen LogP contribution in [0.1, 0.15) is 53.4 Å². The molecule has 0 aromatic rings. The molecule has 0 aromatic heterocycles. The fourth-order valence-corrected chi connectivity index (χ4v) is 4.23. The van der Waals surface area contributed by atoms with Crippen LogP contribution in [0.5, 0.6) is 0 Å². The Balaban J connectivity index is 1.98. The van der Waals surface area contributed by atoms with E-state index in [2.05, 4.69) is 37.9 Å². The lowest BCUT2D eigenvalue weighted by atomic mass is 9.65. The second-order valence-electron chi connectivity index (χ2n) is 7.41. The third-order valence-corrected chi connectivity index (χ3v) is 4.44. The third kappa shape index (κ3) is 2.87. The van der Waals surface area contributed by atoms with Gasteiger partial charge in [0, 0.05) is 12.6 Å². The van der Waals surface area contributed by atoms with E-state index in [9.17, 15) is 4.79 Å². The van der Waals surface area contributed by atoms with E-state index in [1.54, 1.807) is 0 Å². The molecule has 1 heterocycles. The van der Waals surface area contributed by atoms with Crippen LogP contribution in [0.3, 0.4) is 0 Å². The van der Waals surface area contributed by atoms with Gasteiger partial charge in [0.25, 0.3) is 0 Å². The predicted octanol–water partition coefficient (Wildman–Crippen LogP) is 2.41. The summed E-state index contributed by atoms with van der Waals surface area (Å²) >= 11 is 0. The summed E-state index contributed by atoms with van der Waals surface area (Å²) in [5, 5.41) is 3.23. The standard InChI is InChI=1S/C15H28N2O/c1-5-6-16-9-13(18)17-11-15(4)8-12(17)7-14(2,3)10-15/h12,16H,5-11H2,1-4H3. The van der Waals surface area contributed by atoms with Gasteiger partial charge in [0.05, 0.1) is 6.54 Å². The van der Waals surface area contributed by atoms with Gasteiger partial charge in [-0.05, 0) is 43.1 Å². The first kappa shape index (κ1) is 13.9. The number of fused-ring (bicyclic) bond motifs is 2. The SMILES string of the molecule is CCCNCC(=O)N1CC2(C)CC1CC(C)(C)C2. The van der Waals surface area contributed by atoms with Crippen LogP contribution in [0, 0.1) is 10.8 Å². The van der Waals surface area contributed by atoms with Crippen molar-refractivity contribution in [1.29, 1.82) is 0 Å². The minimum atomic E-state index is 0.301. The van der Waals surface area contributed by atoms with Gasteiger partial charge in [-0.1, -0.05) is 27.7 Å². The molecule has 2 atom stereocenters. The Labute approximate surface area is 111 Å². The number of amides is 1. The molecule has 1 amide bonds. The molecule has 2 aliphatic rings. The predicted molar refractivity (Wildman–Crippen MR) is 74.4 cm³/mol. The van der Waals surface area contributed by atoms with E-state index in [1.165, 1.54) is 19.3 Å². The number of nitrogens with one attached hydrogen (secondary N) is 1. The molecular weight excluding hydrogens is 224 g/mol. The topological polar surface area (TPSA) is 32.3 Å². The fourth-order valence-electron chi connectivity index (χ4n) is 4.23. The number of carbonyl (C=O) groups excluding carboxylic acids is 1. The zero-order valence-electron chi connectivity index (χ0n) is 12.4. The highest BCUT2D eigenvalue weighted by Crippen LogP contribution is 2.52. The van der Waals surface area contributed by atoms with Crippen LogP contribution in [-0.4, -0.2) is 36.5 Å². The highest BCUT2D eigenvalue weighted by atomic mass is 16.2. The Kier molecular flexibility index (Phi) is 3.72. The van der Waals surface area contributed by atoms with Crippen molar-refractivity contribution >= 4 is 5.91 Å². The highest BCUT2D eigenvalue weighted by molar-refractivity contribution is 5.79. The molecule has 0 aromatic carbocycles. The van der Waals surface area contributed by atoms with Crippen LogP contribution in [0.25, 0.3) is 0 Å². The van der Waals surface area contributed by atoms with E-state index in [0.717, 1.165) is 19.5 Å². The maximum Gasteiger partial charge on any atom is 0.236 e. The summed E-state index contributed by atoms with van der Waals surface area (Å²) in [6, 6.07) is 0.481. The van der Waals surface area contributed by atoms with Gasteiger partial charge in [-0.25, -0.2) is 0 Å². The van der Waals surface area contributed by atoms with Gasteiger partial charge in [-0.2, -0.15) is 0 Å². The number of hydrogen-bond acceptors (Lipinski definition) is 2. The molecule has 3 nitrogen and oxygen atoms in total. The average molecular weight is 252 g/mol. The molecule has 2 unspecified atom stereocenters. The van der Waals surface area contributed by atoms with Crippen LogP contribution in [0.15, 0.2) is 0 Å². The lowest BCUT2D eigenvalue weighted by Gasteiger charge is -2.39. The Morgan fingerprint density at radius 2 is 2.06 bits per heavy atom. The van der Waals surface area contributed by atoms with Gasteiger partial charge in [0.1, 0.15) is 0 Å². The van der Waals surface area contributed by atoms with Gasteiger partial charge in [-0.3, -0.25) is 4.79 Å². The first-order valence-corrected chi connectivity index (χ1v) is 7.35. The lowest BCUT2D eigenvalue weighted by molar-refractivity contribution is -0.131. The second kappa shape index (κ2) is 4.84. The summed E-state index contributed by atoms with van der Waals surface area (Å²) in [6.45, 7) is 11.6. The summed E-state index contributed by atoms with van der Waals surface area (Å²) in [5.74, 6) is 0.301. The molecule has 3 heteroatoms. The Bertz CT molecular complexity index is 326. The molecule has 0 radical (unpaired) electrons. The molecule has 2 fully saturated rings. The van der Waals surface area contributed by atoms with Crippen LogP contribution in [-0.2, 0) is 4.79 Å². The molecule has 104 valence electrons.